The van der Waals surface area contributed by atoms with E-state index in [0.717, 1.165) is 0 Å². The van der Waals surface area contributed by atoms with Crippen molar-refractivity contribution in [1.29, 1.82) is 0 Å². The highest BCUT2D eigenvalue weighted by molar-refractivity contribution is 6.24. The van der Waals surface area contributed by atoms with Crippen LogP contribution in [0.25, 0.3) is 0 Å². The molecule has 7 N–H and O–H groups in total. The van der Waals surface area contributed by atoms with Gasteiger partial charge in [0.1, 0.15) is 22.8 Å². The molecule has 1 amide bonds. The number of primary amides is 1. The summed E-state index contributed by atoms with van der Waals surface area (Å²) in [6.07, 6.45) is -0.200. The number of aliphatic hydroxyl groups excluding tert-OH is 2. The molecule has 0 spiro atoms. The van der Waals surface area contributed by atoms with Crippen LogP contribution < -0.4 is 5.73 Å². The molecule has 1 aromatic carbocycles. The average molecular weight is 444 g/mol. The molecule has 10 heteroatoms. The number of aliphatic hydroxyl groups is 4. The highest BCUT2D eigenvalue weighted by Crippen LogP contribution is 2.56. The fourth-order valence-electron chi connectivity index (χ4n) is 5.51. The molecule has 1 aromatic rings. The Balaban J connectivity index is 2.05. The maximum Gasteiger partial charge on any atom is 0.255 e. The van der Waals surface area contributed by atoms with Crippen LogP contribution in [-0.2, 0) is 15.2 Å². The largest absolute Gasteiger partial charge is 0.510 e. The third-order valence-electron chi connectivity index (χ3n) is 7.02. The number of hydrogen-bond donors (Lipinski definition) is 6. The van der Waals surface area contributed by atoms with Crippen LogP contribution in [0.1, 0.15) is 29.3 Å². The van der Waals surface area contributed by atoms with Crippen molar-refractivity contribution < 1.29 is 39.9 Å². The number of nitrogens with zero attached hydrogens (tertiary/aromatic N) is 1. The molecule has 3 aliphatic carbocycles. The van der Waals surface area contributed by atoms with Gasteiger partial charge < -0.3 is 31.3 Å². The molecule has 0 fully saturated rings. The van der Waals surface area contributed by atoms with Gasteiger partial charge in [0.25, 0.3) is 5.91 Å². The molecule has 0 saturated heterocycles. The van der Waals surface area contributed by atoms with E-state index in [1.165, 1.54) is 44.1 Å². The number of amides is 1. The first-order valence-electron chi connectivity index (χ1n) is 9.97. The van der Waals surface area contributed by atoms with E-state index in [-0.39, 0.29) is 17.5 Å². The number of Topliss-reactive ketones (excluding diaryl/α,β-unsaturated/α-hetero) is 2. The Hall–Kier alpha value is -3.21. The molecule has 0 radical (unpaired) electrons. The Bertz CT molecular complexity index is 1150. The topological polar surface area (TPSA) is 182 Å². The summed E-state index contributed by atoms with van der Waals surface area (Å²) in [6.45, 7) is 1.40. The third-order valence-corrected chi connectivity index (χ3v) is 7.02. The summed E-state index contributed by atoms with van der Waals surface area (Å²) in [5.41, 5.74) is -0.654. The molecule has 0 saturated carbocycles. The van der Waals surface area contributed by atoms with Crippen molar-refractivity contribution in [3.63, 3.8) is 0 Å². The summed E-state index contributed by atoms with van der Waals surface area (Å²) in [6, 6.07) is 3.05. The van der Waals surface area contributed by atoms with Crippen molar-refractivity contribution in [3.8, 4) is 5.75 Å². The van der Waals surface area contributed by atoms with Crippen molar-refractivity contribution in [1.82, 2.24) is 4.90 Å². The number of phenols is 1. The van der Waals surface area contributed by atoms with Crippen LogP contribution in [0.3, 0.4) is 0 Å². The molecule has 0 heterocycles. The Morgan fingerprint density at radius 1 is 1.16 bits per heavy atom. The van der Waals surface area contributed by atoms with Gasteiger partial charge in [0.15, 0.2) is 11.4 Å². The van der Waals surface area contributed by atoms with Crippen LogP contribution in [-0.4, -0.2) is 73.6 Å². The number of carbonyl (C=O) groups is 3. The molecule has 10 nitrogen and oxygen atoms in total. The van der Waals surface area contributed by atoms with Gasteiger partial charge in [-0.25, -0.2) is 0 Å². The lowest BCUT2D eigenvalue weighted by Crippen LogP contribution is -2.65. The fraction of sp³-hybridized carbons (Fsp3) is 0.409. The van der Waals surface area contributed by atoms with Crippen LogP contribution in [0, 0.1) is 11.8 Å². The van der Waals surface area contributed by atoms with Gasteiger partial charge in [-0.15, -0.1) is 0 Å². The molecule has 170 valence electrons. The lowest BCUT2D eigenvalue weighted by molar-refractivity contribution is -0.151. The van der Waals surface area contributed by atoms with Gasteiger partial charge in [-0.3, -0.25) is 19.3 Å². The molecular formula is C22H24N2O8. The number of fused-ring (bicyclic) bond motifs is 3. The van der Waals surface area contributed by atoms with E-state index in [0.29, 0.717) is 0 Å². The second-order valence-electron chi connectivity index (χ2n) is 8.96. The quantitative estimate of drug-likeness (QED) is 0.336. The Morgan fingerprint density at radius 3 is 2.34 bits per heavy atom. The number of likely N-dealkylation sites (N-methyl/N-ethyl adjacent to an activating group) is 1. The van der Waals surface area contributed by atoms with Crippen molar-refractivity contribution in [2.45, 2.75) is 30.6 Å². The molecule has 4 rings (SSSR count). The molecule has 0 unspecified atom stereocenters. The van der Waals surface area contributed by atoms with Crippen LogP contribution >= 0.6 is 0 Å². The predicted octanol–water partition coefficient (Wildman–Crippen LogP) is -0.214. The van der Waals surface area contributed by atoms with Gasteiger partial charge in [0, 0.05) is 17.4 Å². The molecule has 0 aromatic heterocycles. The van der Waals surface area contributed by atoms with Gasteiger partial charge in [-0.05, 0) is 39.1 Å². The summed E-state index contributed by atoms with van der Waals surface area (Å²) in [5, 5.41) is 55.0. The van der Waals surface area contributed by atoms with Crippen LogP contribution in [0.2, 0.25) is 0 Å². The number of benzene rings is 1. The van der Waals surface area contributed by atoms with Crippen LogP contribution in [0.15, 0.2) is 40.9 Å². The maximum absolute atomic E-state index is 13.3. The first-order chi connectivity index (χ1) is 14.8. The zero-order chi connectivity index (χ0) is 23.9. The van der Waals surface area contributed by atoms with Gasteiger partial charge in [0.05, 0.1) is 17.2 Å². The summed E-state index contributed by atoms with van der Waals surface area (Å²) < 4.78 is 0. The maximum atomic E-state index is 13.3. The Morgan fingerprint density at radius 2 is 1.78 bits per heavy atom. The van der Waals surface area contributed by atoms with Crippen molar-refractivity contribution in [2.75, 3.05) is 14.1 Å². The van der Waals surface area contributed by atoms with Crippen molar-refractivity contribution >= 4 is 17.5 Å². The summed E-state index contributed by atoms with van der Waals surface area (Å²) in [7, 11) is 3.06. The van der Waals surface area contributed by atoms with E-state index in [2.05, 4.69) is 0 Å². The Labute approximate surface area is 182 Å². The van der Waals surface area contributed by atoms with Gasteiger partial charge in [-0.1, -0.05) is 12.1 Å². The second-order valence-corrected chi connectivity index (χ2v) is 8.96. The first kappa shape index (κ1) is 22.0. The number of phenolic OH excluding ortho intramolecular Hbond substituents is 1. The number of aromatic hydroxyl groups is 1. The normalized spacial score (nSPS) is 34.4. The van der Waals surface area contributed by atoms with E-state index in [4.69, 9.17) is 5.73 Å². The Kier molecular flexibility index (Phi) is 4.57. The monoisotopic (exact) mass is 444 g/mol. The number of hydrogen-bond acceptors (Lipinski definition) is 9. The molecule has 3 aliphatic rings. The smallest absolute Gasteiger partial charge is 0.255 e. The van der Waals surface area contributed by atoms with E-state index in [1.807, 2.05) is 0 Å². The summed E-state index contributed by atoms with van der Waals surface area (Å²) >= 11 is 0. The van der Waals surface area contributed by atoms with Gasteiger partial charge >= 0.3 is 0 Å². The second kappa shape index (κ2) is 6.64. The van der Waals surface area contributed by atoms with Crippen LogP contribution in [0.5, 0.6) is 5.75 Å². The highest BCUT2D eigenvalue weighted by atomic mass is 16.3. The van der Waals surface area contributed by atoms with E-state index in [1.54, 1.807) is 0 Å². The predicted molar refractivity (Wildman–Crippen MR) is 110 cm³/mol. The molecule has 5 atom stereocenters. The number of ketones is 2. The first-order valence-corrected chi connectivity index (χ1v) is 9.97. The minimum atomic E-state index is -2.75. The minimum absolute atomic E-state index is 0.135. The molecule has 0 aliphatic heterocycles. The molecular weight excluding hydrogens is 420 g/mol. The van der Waals surface area contributed by atoms with Gasteiger partial charge in [0.2, 0.25) is 5.78 Å². The number of nitrogens with two attached hydrogens (primary N) is 1. The van der Waals surface area contributed by atoms with E-state index >= 15 is 0 Å². The number of rotatable bonds is 2. The molecule has 0 bridgehead atoms. The lowest BCUT2D eigenvalue weighted by atomic mass is 9.55. The SMILES string of the molecule is CN(C)[C@H]1C(O)=C(C(N)=O)C(=O)[C@]2(O)C(O)=C3C(=O)c4c(O)cccc4[C@@](C)(O)[C@H]3C[C@@H]12. The molecule has 32 heavy (non-hydrogen) atoms. The summed E-state index contributed by atoms with van der Waals surface area (Å²) in [4.78, 5) is 39.9. The zero-order valence-corrected chi connectivity index (χ0v) is 17.7. The van der Waals surface area contributed by atoms with Crippen LogP contribution in [0.4, 0.5) is 0 Å². The fourth-order valence-corrected chi connectivity index (χ4v) is 5.51. The number of carbonyl (C=O) groups excluding carboxylic acids is 3. The third kappa shape index (κ3) is 2.48. The average Bonchev–Trinajstić information content (AvgIpc) is 2.68. The van der Waals surface area contributed by atoms with Gasteiger partial charge in [-0.2, -0.15) is 0 Å². The van der Waals surface area contributed by atoms with Crippen molar-refractivity contribution in [2.24, 2.45) is 17.6 Å². The lowest BCUT2D eigenvalue weighted by Gasteiger charge is -2.52. The van der Waals surface area contributed by atoms with E-state index in [9.17, 15) is 39.9 Å². The zero-order valence-electron chi connectivity index (χ0n) is 17.7. The minimum Gasteiger partial charge on any atom is -0.510 e. The standard InChI is InChI=1S/C22H24N2O8/c1-21(31)8-5-4-6-11(25)12(8)16(26)13-9(21)7-10-15(24(2)3)17(27)14(20(23)30)19(29)22(10,32)18(13)28/h4-6,9-10,15,25,27-28,31-32H,7H2,1-3H3,(H2,23,30)/t9-,10-,15+,21+,22+/m0/s1. The summed E-state index contributed by atoms with van der Waals surface area (Å²) in [5.74, 6) is -7.89. The highest BCUT2D eigenvalue weighted by Gasteiger charge is 2.65. The van der Waals surface area contributed by atoms with E-state index < -0.39 is 75.0 Å². The van der Waals surface area contributed by atoms with Crippen molar-refractivity contribution in [3.05, 3.63) is 52.0 Å².